The highest BCUT2D eigenvalue weighted by Gasteiger charge is 2.56. The highest BCUT2D eigenvalue weighted by Crippen LogP contribution is 2.38. The summed E-state index contributed by atoms with van der Waals surface area (Å²) in [5, 5.41) is 12.4. The van der Waals surface area contributed by atoms with E-state index < -0.39 is 53.4 Å². The van der Waals surface area contributed by atoms with Gasteiger partial charge in [-0.15, -0.1) is 11.3 Å². The van der Waals surface area contributed by atoms with E-state index >= 15 is 0 Å². The molecule has 4 heterocycles. The molecule has 1 saturated heterocycles. The molecule has 2 aromatic rings. The van der Waals surface area contributed by atoms with Crippen molar-refractivity contribution < 1.29 is 32.3 Å². The molecular formula is C26H30ClF3N6O4S. The summed E-state index contributed by atoms with van der Waals surface area (Å²) in [4.78, 5) is 44.8. The number of amides is 2. The summed E-state index contributed by atoms with van der Waals surface area (Å²) in [5.74, 6) is -1.90. The topological polar surface area (TPSA) is 139 Å². The van der Waals surface area contributed by atoms with Crippen LogP contribution in [0.2, 0.25) is 5.02 Å². The first-order valence-corrected chi connectivity index (χ1v) is 14.0. The predicted octanol–water partition coefficient (Wildman–Crippen LogP) is 2.46. The van der Waals surface area contributed by atoms with Gasteiger partial charge in [0, 0.05) is 41.5 Å². The van der Waals surface area contributed by atoms with Crippen LogP contribution in [0.3, 0.4) is 0 Å². The number of ether oxygens (including phenoxy) is 1. The second kappa shape index (κ2) is 12.1. The summed E-state index contributed by atoms with van der Waals surface area (Å²) in [6.07, 6.45) is -3.29. The number of ketones is 1. The zero-order chi connectivity index (χ0) is 30.0. The van der Waals surface area contributed by atoms with E-state index in [1.54, 1.807) is 29.6 Å². The van der Waals surface area contributed by atoms with Crippen LogP contribution in [0, 0.1) is 5.41 Å². The number of nitrogens with zero attached hydrogens (tertiary/aromatic N) is 3. The molecule has 2 aromatic heterocycles. The van der Waals surface area contributed by atoms with Crippen molar-refractivity contribution >= 4 is 46.2 Å². The lowest BCUT2D eigenvalue weighted by atomic mass is 9.72. The standard InChI is InChI=1S/C26H30ClF3N6O4S/c1-24(2,31)22(38)34-19(11-40-10-17-7-15(27)12-41-17)21(37)18-8-20-25(13-33-18,9-16-5-3-4-6-32-16)23(39)36(35-20)14-26(28,29)30/h3-7,12,18-19,33H,8-11,13-14,31H2,1-2H3,(H,34,38). The Morgan fingerprint density at radius 2 is 2.12 bits per heavy atom. The molecule has 0 aromatic carbocycles. The number of hydrogen-bond acceptors (Lipinski definition) is 9. The van der Waals surface area contributed by atoms with Crippen LogP contribution < -0.4 is 16.4 Å². The fraction of sp³-hybridized carbons (Fsp3) is 0.500. The number of hydrazone groups is 1. The van der Waals surface area contributed by atoms with Crippen molar-refractivity contribution in [1.82, 2.24) is 20.6 Å². The molecule has 15 heteroatoms. The number of fused-ring (bicyclic) bond motifs is 1. The van der Waals surface area contributed by atoms with Crippen molar-refractivity contribution in [2.24, 2.45) is 16.3 Å². The number of Topliss-reactive ketones (excluding diaryl/α,β-unsaturated/α-hetero) is 1. The minimum Gasteiger partial charge on any atom is -0.373 e. The fourth-order valence-corrected chi connectivity index (χ4v) is 5.66. The normalized spacial score (nSPS) is 21.8. The highest BCUT2D eigenvalue weighted by molar-refractivity contribution is 7.10. The summed E-state index contributed by atoms with van der Waals surface area (Å²) >= 11 is 7.32. The average molecular weight is 615 g/mol. The Morgan fingerprint density at radius 1 is 1.37 bits per heavy atom. The van der Waals surface area contributed by atoms with Gasteiger partial charge in [-0.3, -0.25) is 19.4 Å². The molecule has 1 fully saturated rings. The molecule has 0 bridgehead atoms. The molecule has 4 rings (SSSR count). The van der Waals surface area contributed by atoms with E-state index in [9.17, 15) is 27.6 Å². The van der Waals surface area contributed by atoms with E-state index in [0.717, 1.165) is 4.88 Å². The number of nitrogens with two attached hydrogens (primary N) is 1. The van der Waals surface area contributed by atoms with E-state index in [1.165, 1.54) is 31.4 Å². The third-order valence-corrected chi connectivity index (χ3v) is 8.01. The van der Waals surface area contributed by atoms with Gasteiger partial charge in [0.25, 0.3) is 5.91 Å². The Labute approximate surface area is 243 Å². The van der Waals surface area contributed by atoms with Gasteiger partial charge in [0.15, 0.2) is 5.78 Å². The Hall–Kier alpha value is -2.91. The molecule has 0 saturated carbocycles. The fourth-order valence-electron chi connectivity index (χ4n) is 4.65. The molecule has 222 valence electrons. The lowest BCUT2D eigenvalue weighted by Crippen LogP contribution is -2.62. The third-order valence-electron chi connectivity index (χ3n) is 6.75. The molecule has 2 aliphatic rings. The van der Waals surface area contributed by atoms with E-state index in [4.69, 9.17) is 22.1 Å². The first kappa shape index (κ1) is 31.0. The maximum absolute atomic E-state index is 13.7. The summed E-state index contributed by atoms with van der Waals surface area (Å²) in [5.41, 5.74) is 3.82. The minimum atomic E-state index is -4.67. The van der Waals surface area contributed by atoms with Gasteiger partial charge in [-0.05, 0) is 32.0 Å². The highest BCUT2D eigenvalue weighted by atomic mass is 35.5. The molecule has 41 heavy (non-hydrogen) atoms. The van der Waals surface area contributed by atoms with Gasteiger partial charge in [0.05, 0.1) is 35.5 Å². The Morgan fingerprint density at radius 3 is 2.73 bits per heavy atom. The molecule has 3 unspecified atom stereocenters. The molecule has 0 radical (unpaired) electrons. The van der Waals surface area contributed by atoms with Crippen LogP contribution in [-0.2, 0) is 32.1 Å². The monoisotopic (exact) mass is 614 g/mol. The number of thiophene rings is 1. The van der Waals surface area contributed by atoms with Crippen molar-refractivity contribution in [3.8, 4) is 0 Å². The van der Waals surface area contributed by atoms with E-state index in [-0.39, 0.29) is 38.3 Å². The average Bonchev–Trinajstić information content (AvgIpc) is 3.42. The maximum atomic E-state index is 13.7. The molecule has 0 aliphatic carbocycles. The van der Waals surface area contributed by atoms with Crippen molar-refractivity contribution in [1.29, 1.82) is 0 Å². The van der Waals surface area contributed by atoms with Crippen molar-refractivity contribution in [3.63, 3.8) is 0 Å². The number of aromatic nitrogens is 1. The van der Waals surface area contributed by atoms with E-state index in [0.29, 0.717) is 15.7 Å². The van der Waals surface area contributed by atoms with Gasteiger partial charge in [0.1, 0.15) is 18.0 Å². The van der Waals surface area contributed by atoms with Crippen LogP contribution in [0.25, 0.3) is 0 Å². The largest absolute Gasteiger partial charge is 0.408 e. The molecule has 4 N–H and O–H groups in total. The minimum absolute atomic E-state index is 0.00177. The zero-order valence-electron chi connectivity index (χ0n) is 22.3. The smallest absolute Gasteiger partial charge is 0.373 e. The predicted molar refractivity (Wildman–Crippen MR) is 146 cm³/mol. The van der Waals surface area contributed by atoms with Crippen LogP contribution in [0.4, 0.5) is 13.2 Å². The van der Waals surface area contributed by atoms with Gasteiger partial charge < -0.3 is 21.1 Å². The van der Waals surface area contributed by atoms with Gasteiger partial charge in [-0.25, -0.2) is 5.01 Å². The van der Waals surface area contributed by atoms with Crippen molar-refractivity contribution in [3.05, 3.63) is 51.4 Å². The van der Waals surface area contributed by atoms with Crippen LogP contribution in [-0.4, -0.2) is 76.8 Å². The lowest BCUT2D eigenvalue weighted by molar-refractivity contribution is -0.163. The Kier molecular flexibility index (Phi) is 9.19. The number of carbonyl (C=O) groups is 3. The van der Waals surface area contributed by atoms with Gasteiger partial charge in [0.2, 0.25) is 5.91 Å². The molecule has 3 atom stereocenters. The number of alkyl halides is 3. The second-order valence-electron chi connectivity index (χ2n) is 10.6. The van der Waals surface area contributed by atoms with Crippen LogP contribution in [0.15, 0.2) is 40.9 Å². The van der Waals surface area contributed by atoms with E-state index in [2.05, 4.69) is 20.7 Å². The maximum Gasteiger partial charge on any atom is 0.408 e. The number of halogens is 4. The number of carbonyl (C=O) groups excluding carboxylic acids is 3. The molecule has 10 nitrogen and oxygen atoms in total. The third kappa shape index (κ3) is 7.49. The Balaban J connectivity index is 1.55. The van der Waals surface area contributed by atoms with Crippen LogP contribution in [0.5, 0.6) is 0 Å². The van der Waals surface area contributed by atoms with Gasteiger partial charge in [-0.2, -0.15) is 18.3 Å². The van der Waals surface area contributed by atoms with Crippen molar-refractivity contribution in [2.75, 3.05) is 19.7 Å². The molecule has 2 aliphatic heterocycles. The summed E-state index contributed by atoms with van der Waals surface area (Å²) in [6, 6.07) is 4.68. The SMILES string of the molecule is CC(C)(N)C(=O)NC(COCc1cc(Cl)cs1)C(=O)C1CC2=NN(CC(F)(F)F)C(=O)C2(Cc2ccccn2)CN1. The number of rotatable bonds is 11. The molecular weight excluding hydrogens is 585 g/mol. The van der Waals surface area contributed by atoms with E-state index in [1.807, 2.05) is 0 Å². The number of piperidine rings is 1. The lowest BCUT2D eigenvalue weighted by Gasteiger charge is -2.37. The van der Waals surface area contributed by atoms with Gasteiger partial charge in [-0.1, -0.05) is 17.7 Å². The van der Waals surface area contributed by atoms with Crippen LogP contribution >= 0.6 is 22.9 Å². The summed E-state index contributed by atoms with van der Waals surface area (Å²) < 4.78 is 45.5. The quantitative estimate of drug-likeness (QED) is 0.353. The molecule has 2 amide bonds. The molecule has 0 spiro atoms. The first-order valence-electron chi connectivity index (χ1n) is 12.7. The zero-order valence-corrected chi connectivity index (χ0v) is 23.9. The first-order chi connectivity index (χ1) is 19.2. The number of nitrogens with one attached hydrogen (secondary N) is 2. The summed E-state index contributed by atoms with van der Waals surface area (Å²) in [6.45, 7) is 1.21. The van der Waals surface area contributed by atoms with Crippen molar-refractivity contribution in [2.45, 2.75) is 57.1 Å². The summed E-state index contributed by atoms with van der Waals surface area (Å²) in [7, 11) is 0. The Bertz CT molecular complexity index is 1320. The van der Waals surface area contributed by atoms with Gasteiger partial charge >= 0.3 is 6.18 Å². The van der Waals surface area contributed by atoms with Crippen LogP contribution in [0.1, 0.15) is 30.8 Å². The number of pyridine rings is 1. The second-order valence-corrected chi connectivity index (χ2v) is 12.1. The number of hydrogen-bond donors (Lipinski definition) is 3.